The van der Waals surface area contributed by atoms with Crippen molar-refractivity contribution in [3.63, 3.8) is 0 Å². The van der Waals surface area contributed by atoms with Gasteiger partial charge in [-0.2, -0.15) is 18.2 Å². The molecule has 1 aliphatic rings. The second-order valence-electron chi connectivity index (χ2n) is 8.91. The van der Waals surface area contributed by atoms with E-state index in [1.807, 2.05) is 18.2 Å². The minimum atomic E-state index is -4.52. The number of halogens is 3. The summed E-state index contributed by atoms with van der Waals surface area (Å²) in [5, 5.41) is 2.69. The number of alkyl halides is 3. The molecule has 1 heterocycles. The topological polar surface area (TPSA) is 32.3 Å². The number of hydrazine groups is 1. The van der Waals surface area contributed by atoms with E-state index < -0.39 is 23.7 Å². The number of nitrogens with one attached hydrogen (secondary N) is 1. The summed E-state index contributed by atoms with van der Waals surface area (Å²) in [6.07, 6.45) is -4.49. The molecule has 27 heavy (non-hydrogen) atoms. The van der Waals surface area contributed by atoms with E-state index in [1.165, 1.54) is 6.07 Å². The van der Waals surface area contributed by atoms with Crippen LogP contribution in [0.25, 0.3) is 10.8 Å². The van der Waals surface area contributed by atoms with Gasteiger partial charge in [0.1, 0.15) is 0 Å². The van der Waals surface area contributed by atoms with Crippen LogP contribution in [0.15, 0.2) is 36.4 Å². The molecule has 0 aromatic heterocycles. The molecule has 1 amide bonds. The Bertz CT molecular complexity index is 881. The molecule has 1 atom stereocenters. The highest BCUT2D eigenvalue weighted by atomic mass is 19.4. The summed E-state index contributed by atoms with van der Waals surface area (Å²) >= 11 is 0. The molecule has 0 bridgehead atoms. The first-order valence-electron chi connectivity index (χ1n) is 8.99. The van der Waals surface area contributed by atoms with Crippen molar-refractivity contribution in [2.24, 2.45) is 0 Å². The van der Waals surface area contributed by atoms with Gasteiger partial charge in [0.2, 0.25) is 5.91 Å². The third-order valence-electron chi connectivity index (χ3n) is 5.10. The minimum Gasteiger partial charge on any atom is -0.287 e. The van der Waals surface area contributed by atoms with Crippen molar-refractivity contribution in [1.29, 1.82) is 0 Å². The average molecular weight is 378 g/mol. The third kappa shape index (κ3) is 3.81. The van der Waals surface area contributed by atoms with Gasteiger partial charge in [0.25, 0.3) is 0 Å². The van der Waals surface area contributed by atoms with E-state index in [-0.39, 0.29) is 17.4 Å². The first kappa shape index (κ1) is 19.7. The predicted molar refractivity (Wildman–Crippen MR) is 100 cm³/mol. The zero-order chi connectivity index (χ0) is 20.2. The summed E-state index contributed by atoms with van der Waals surface area (Å²) in [5.41, 5.74) is 2.68. The van der Waals surface area contributed by atoms with Crippen LogP contribution in [0.5, 0.6) is 0 Å². The first-order valence-corrected chi connectivity index (χ1v) is 8.99. The lowest BCUT2D eigenvalue weighted by Gasteiger charge is -2.38. The fourth-order valence-corrected chi connectivity index (χ4v) is 3.60. The van der Waals surface area contributed by atoms with Gasteiger partial charge >= 0.3 is 6.18 Å². The lowest BCUT2D eigenvalue weighted by atomic mass is 9.85. The molecule has 6 heteroatoms. The second kappa shape index (κ2) is 6.23. The molecule has 0 saturated carbocycles. The summed E-state index contributed by atoms with van der Waals surface area (Å²) in [6.45, 7) is 9.57. The van der Waals surface area contributed by atoms with Gasteiger partial charge in [0.15, 0.2) is 6.04 Å². The molecule has 1 fully saturated rings. The second-order valence-corrected chi connectivity index (χ2v) is 8.91. The molecule has 3 nitrogen and oxygen atoms in total. The van der Waals surface area contributed by atoms with Crippen molar-refractivity contribution in [3.05, 3.63) is 47.5 Å². The van der Waals surface area contributed by atoms with Gasteiger partial charge in [-0.1, -0.05) is 51.1 Å². The number of nitrogens with zero attached hydrogens (tertiary/aromatic N) is 1. The Labute approximate surface area is 157 Å². The van der Waals surface area contributed by atoms with Crippen LogP contribution in [0.2, 0.25) is 0 Å². The molecular weight excluding hydrogens is 353 g/mol. The van der Waals surface area contributed by atoms with Crippen molar-refractivity contribution in [2.75, 3.05) is 0 Å². The van der Waals surface area contributed by atoms with E-state index in [1.54, 1.807) is 26.0 Å². The Morgan fingerprint density at radius 1 is 1.04 bits per heavy atom. The van der Waals surface area contributed by atoms with Crippen molar-refractivity contribution < 1.29 is 18.0 Å². The smallest absolute Gasteiger partial charge is 0.287 e. The maximum absolute atomic E-state index is 14.0. The van der Waals surface area contributed by atoms with E-state index in [4.69, 9.17) is 0 Å². The van der Waals surface area contributed by atoms with Crippen LogP contribution in [-0.4, -0.2) is 22.6 Å². The Morgan fingerprint density at radius 2 is 1.63 bits per heavy atom. The highest BCUT2D eigenvalue weighted by Crippen LogP contribution is 2.43. The molecule has 0 spiro atoms. The zero-order valence-corrected chi connectivity index (χ0v) is 16.2. The summed E-state index contributed by atoms with van der Waals surface area (Å²) in [4.78, 5) is 11.8. The number of hydrogen-bond donors (Lipinski definition) is 1. The number of amides is 1. The quantitative estimate of drug-likeness (QED) is 0.773. The van der Waals surface area contributed by atoms with E-state index >= 15 is 0 Å². The van der Waals surface area contributed by atoms with Crippen LogP contribution in [0.4, 0.5) is 13.2 Å². The summed E-state index contributed by atoms with van der Waals surface area (Å²) in [6, 6.07) is 8.74. The standard InChI is InChI=1S/C21H25F3N2O/c1-19(2,3)16-9-8-13-10-15(7-6-14(13)11-16)18(21(22,23)24)26-20(4,5)12-17(27)25-26/h6-11,18H,12H2,1-5H3,(H,25,27)/t18-/m0/s1. The Morgan fingerprint density at radius 3 is 2.15 bits per heavy atom. The Kier molecular flexibility index (Phi) is 4.54. The molecular formula is C21H25F3N2O. The van der Waals surface area contributed by atoms with Gasteiger partial charge in [0, 0.05) is 12.0 Å². The van der Waals surface area contributed by atoms with Crippen LogP contribution < -0.4 is 5.43 Å². The summed E-state index contributed by atoms with van der Waals surface area (Å²) in [7, 11) is 0. The molecule has 1 saturated heterocycles. The normalized spacial score (nSPS) is 19.3. The van der Waals surface area contributed by atoms with Crippen molar-refractivity contribution in [3.8, 4) is 0 Å². The number of carbonyl (C=O) groups is 1. The fourth-order valence-electron chi connectivity index (χ4n) is 3.60. The lowest BCUT2D eigenvalue weighted by molar-refractivity contribution is -0.203. The molecule has 0 aliphatic carbocycles. The lowest BCUT2D eigenvalue weighted by Crippen LogP contribution is -2.51. The average Bonchev–Trinajstić information content (AvgIpc) is 2.77. The van der Waals surface area contributed by atoms with Crippen molar-refractivity contribution in [1.82, 2.24) is 10.4 Å². The highest BCUT2D eigenvalue weighted by Gasteiger charge is 2.52. The highest BCUT2D eigenvalue weighted by molar-refractivity contribution is 5.84. The Balaban J connectivity index is 2.08. The number of benzene rings is 2. The van der Waals surface area contributed by atoms with E-state index in [2.05, 4.69) is 26.2 Å². The van der Waals surface area contributed by atoms with E-state index in [0.29, 0.717) is 0 Å². The van der Waals surface area contributed by atoms with Gasteiger partial charge in [0.05, 0.1) is 0 Å². The molecule has 2 aromatic carbocycles. The molecule has 146 valence electrons. The molecule has 3 rings (SSSR count). The van der Waals surface area contributed by atoms with Crippen LogP contribution >= 0.6 is 0 Å². The number of carbonyl (C=O) groups excluding carboxylic acids is 1. The number of hydrogen-bond acceptors (Lipinski definition) is 2. The molecule has 2 aromatic rings. The maximum atomic E-state index is 14.0. The zero-order valence-electron chi connectivity index (χ0n) is 16.2. The molecule has 1 aliphatic heterocycles. The number of fused-ring (bicyclic) bond motifs is 1. The molecule has 1 N–H and O–H groups in total. The van der Waals surface area contributed by atoms with Crippen LogP contribution in [-0.2, 0) is 10.2 Å². The van der Waals surface area contributed by atoms with Gasteiger partial charge in [-0.05, 0) is 47.2 Å². The SMILES string of the molecule is CC(C)(C)c1ccc2cc([C@H](N3NC(=O)CC3(C)C)C(F)(F)F)ccc2c1. The van der Waals surface area contributed by atoms with E-state index in [9.17, 15) is 18.0 Å². The minimum absolute atomic E-state index is 0.0299. The van der Waals surface area contributed by atoms with Gasteiger partial charge < -0.3 is 0 Å². The molecule has 0 radical (unpaired) electrons. The van der Waals surface area contributed by atoms with Crippen molar-refractivity contribution >= 4 is 16.7 Å². The number of rotatable bonds is 2. The maximum Gasteiger partial charge on any atom is 0.409 e. The Hall–Kier alpha value is -2.08. The largest absolute Gasteiger partial charge is 0.409 e. The predicted octanol–water partition coefficient (Wildman–Crippen LogP) is 5.26. The van der Waals surface area contributed by atoms with Gasteiger partial charge in [-0.15, -0.1) is 0 Å². The van der Waals surface area contributed by atoms with Crippen LogP contribution in [0.1, 0.15) is 58.2 Å². The van der Waals surface area contributed by atoms with Crippen LogP contribution in [0.3, 0.4) is 0 Å². The van der Waals surface area contributed by atoms with Gasteiger partial charge in [-0.25, -0.2) is 0 Å². The fraction of sp³-hybridized carbons (Fsp3) is 0.476. The van der Waals surface area contributed by atoms with E-state index in [0.717, 1.165) is 21.3 Å². The van der Waals surface area contributed by atoms with Gasteiger partial charge in [-0.3, -0.25) is 10.2 Å². The third-order valence-corrected chi connectivity index (χ3v) is 5.10. The monoisotopic (exact) mass is 378 g/mol. The van der Waals surface area contributed by atoms with Crippen LogP contribution in [0, 0.1) is 0 Å². The summed E-state index contributed by atoms with van der Waals surface area (Å²) in [5.74, 6) is -0.398. The first-order chi connectivity index (χ1) is 12.3. The summed E-state index contributed by atoms with van der Waals surface area (Å²) < 4.78 is 41.9. The van der Waals surface area contributed by atoms with Crippen molar-refractivity contribution in [2.45, 2.75) is 64.2 Å². The molecule has 0 unspecified atom stereocenters.